The van der Waals surface area contributed by atoms with Crippen molar-refractivity contribution in [2.75, 3.05) is 6.61 Å². The first-order valence-corrected chi connectivity index (χ1v) is 7.87. The number of hydrogen-bond donors (Lipinski definition) is 1. The molecule has 0 saturated heterocycles. The second kappa shape index (κ2) is 7.22. The number of aryl methyl sites for hydroxylation is 1. The molecule has 1 heterocycles. The Bertz CT molecular complexity index is 604. The van der Waals surface area contributed by atoms with Crippen molar-refractivity contribution < 1.29 is 14.6 Å². The smallest absolute Gasteiger partial charge is 0.347 e. The summed E-state index contributed by atoms with van der Waals surface area (Å²) in [5, 5.41) is 9.79. The third kappa shape index (κ3) is 4.04. The van der Waals surface area contributed by atoms with Gasteiger partial charge >= 0.3 is 5.97 Å². The first-order chi connectivity index (χ1) is 10.1. The summed E-state index contributed by atoms with van der Waals surface area (Å²) in [5.74, 6) is -0.0892. The number of thiazole rings is 1. The Balaban J connectivity index is 2.05. The minimum Gasteiger partial charge on any atom is -0.494 e. The second-order valence-electron chi connectivity index (χ2n) is 4.82. The largest absolute Gasteiger partial charge is 0.494 e. The summed E-state index contributed by atoms with van der Waals surface area (Å²) in [6, 6.07) is 7.63. The van der Waals surface area contributed by atoms with Crippen LogP contribution in [0.25, 0.3) is 10.6 Å². The fourth-order valence-corrected chi connectivity index (χ4v) is 2.86. The Morgan fingerprint density at radius 1 is 1.29 bits per heavy atom. The molecule has 0 unspecified atom stereocenters. The van der Waals surface area contributed by atoms with Gasteiger partial charge in [-0.2, -0.15) is 0 Å². The molecule has 0 aliphatic rings. The molecule has 2 rings (SSSR count). The highest BCUT2D eigenvalue weighted by Crippen LogP contribution is 2.29. The van der Waals surface area contributed by atoms with Gasteiger partial charge in [0.15, 0.2) is 0 Å². The maximum Gasteiger partial charge on any atom is 0.347 e. The lowest BCUT2D eigenvalue weighted by molar-refractivity contribution is 0.0701. The van der Waals surface area contributed by atoms with Crippen molar-refractivity contribution >= 4 is 17.3 Å². The van der Waals surface area contributed by atoms with Gasteiger partial charge in [-0.1, -0.05) is 19.8 Å². The molecule has 0 aliphatic carbocycles. The van der Waals surface area contributed by atoms with Crippen LogP contribution in [0.5, 0.6) is 5.75 Å². The average molecular weight is 305 g/mol. The van der Waals surface area contributed by atoms with E-state index in [1.807, 2.05) is 24.3 Å². The first kappa shape index (κ1) is 15.5. The molecule has 4 nitrogen and oxygen atoms in total. The zero-order chi connectivity index (χ0) is 15.2. The van der Waals surface area contributed by atoms with E-state index >= 15 is 0 Å². The molecule has 0 atom stereocenters. The number of hydrogen-bond acceptors (Lipinski definition) is 4. The lowest BCUT2D eigenvalue weighted by atomic mass is 10.2. The molecule has 1 N–H and O–H groups in total. The summed E-state index contributed by atoms with van der Waals surface area (Å²) < 4.78 is 5.65. The average Bonchev–Trinajstić information content (AvgIpc) is 2.86. The normalized spacial score (nSPS) is 10.6. The Kier molecular flexibility index (Phi) is 5.33. The van der Waals surface area contributed by atoms with Crippen LogP contribution in [0.2, 0.25) is 0 Å². The van der Waals surface area contributed by atoms with Gasteiger partial charge in [-0.3, -0.25) is 0 Å². The van der Waals surface area contributed by atoms with Crippen LogP contribution in [0.15, 0.2) is 24.3 Å². The van der Waals surface area contributed by atoms with Crippen LogP contribution in [0.4, 0.5) is 0 Å². The molecule has 112 valence electrons. The van der Waals surface area contributed by atoms with Crippen LogP contribution in [0.3, 0.4) is 0 Å². The quantitative estimate of drug-likeness (QED) is 0.771. The third-order valence-electron chi connectivity index (χ3n) is 3.11. The van der Waals surface area contributed by atoms with E-state index in [1.54, 1.807) is 6.92 Å². The highest BCUT2D eigenvalue weighted by atomic mass is 32.1. The van der Waals surface area contributed by atoms with E-state index in [9.17, 15) is 4.79 Å². The predicted octanol–water partition coefficient (Wildman–Crippen LogP) is 4.39. The number of carboxylic acids is 1. The third-order valence-corrected chi connectivity index (χ3v) is 4.30. The molecule has 0 fully saturated rings. The fraction of sp³-hybridized carbons (Fsp3) is 0.375. The van der Waals surface area contributed by atoms with Crippen LogP contribution in [-0.2, 0) is 0 Å². The first-order valence-electron chi connectivity index (χ1n) is 7.05. The van der Waals surface area contributed by atoms with E-state index in [0.717, 1.165) is 29.3 Å². The molecule has 0 aliphatic heterocycles. The topological polar surface area (TPSA) is 59.4 Å². The summed E-state index contributed by atoms with van der Waals surface area (Å²) in [6.07, 6.45) is 3.41. The summed E-state index contributed by atoms with van der Waals surface area (Å²) in [7, 11) is 0. The Morgan fingerprint density at radius 2 is 2.00 bits per heavy atom. The monoisotopic (exact) mass is 305 g/mol. The highest BCUT2D eigenvalue weighted by molar-refractivity contribution is 7.17. The molecule has 0 saturated carbocycles. The van der Waals surface area contributed by atoms with Gasteiger partial charge < -0.3 is 9.84 Å². The summed E-state index contributed by atoms with van der Waals surface area (Å²) in [5.41, 5.74) is 1.47. The van der Waals surface area contributed by atoms with Crippen LogP contribution in [0, 0.1) is 6.92 Å². The number of nitrogens with zero attached hydrogens (tertiary/aromatic N) is 1. The van der Waals surface area contributed by atoms with Crippen LogP contribution < -0.4 is 4.74 Å². The summed E-state index contributed by atoms with van der Waals surface area (Å²) >= 11 is 1.20. The number of carbonyl (C=O) groups is 1. The minimum absolute atomic E-state index is 0.296. The number of rotatable bonds is 7. The van der Waals surface area contributed by atoms with Crippen molar-refractivity contribution in [2.24, 2.45) is 0 Å². The van der Waals surface area contributed by atoms with Crippen molar-refractivity contribution in [1.82, 2.24) is 4.98 Å². The molecule has 0 spiro atoms. The standard InChI is InChI=1S/C16H19NO3S/c1-3-4-5-10-20-13-8-6-12(7-9-13)15-17-11(2)14(21-15)16(18)19/h6-9H,3-5,10H2,1-2H3,(H,18,19). The van der Waals surface area contributed by atoms with Gasteiger partial charge in [0.25, 0.3) is 0 Å². The van der Waals surface area contributed by atoms with Crippen molar-refractivity contribution in [3.05, 3.63) is 34.8 Å². The highest BCUT2D eigenvalue weighted by Gasteiger charge is 2.14. The van der Waals surface area contributed by atoms with Gasteiger partial charge in [-0.05, 0) is 37.6 Å². The van der Waals surface area contributed by atoms with E-state index in [1.165, 1.54) is 24.2 Å². The van der Waals surface area contributed by atoms with Gasteiger partial charge in [0.2, 0.25) is 0 Å². The SMILES string of the molecule is CCCCCOc1ccc(-c2nc(C)c(C(=O)O)s2)cc1. The van der Waals surface area contributed by atoms with Crippen molar-refractivity contribution in [2.45, 2.75) is 33.1 Å². The lowest BCUT2D eigenvalue weighted by Crippen LogP contribution is -1.96. The van der Waals surface area contributed by atoms with Crippen molar-refractivity contribution in [1.29, 1.82) is 0 Å². The van der Waals surface area contributed by atoms with Crippen LogP contribution >= 0.6 is 11.3 Å². The maximum absolute atomic E-state index is 11.0. The molecule has 21 heavy (non-hydrogen) atoms. The van der Waals surface area contributed by atoms with Crippen LogP contribution in [-0.4, -0.2) is 22.7 Å². The summed E-state index contributed by atoms with van der Waals surface area (Å²) in [6.45, 7) is 4.61. The number of aromatic carboxylic acids is 1. The molecule has 0 radical (unpaired) electrons. The molecular formula is C16H19NO3S. The van der Waals surface area contributed by atoms with Crippen LogP contribution in [0.1, 0.15) is 41.6 Å². The van der Waals surface area contributed by atoms with Gasteiger partial charge in [-0.25, -0.2) is 9.78 Å². The second-order valence-corrected chi connectivity index (χ2v) is 5.82. The Hall–Kier alpha value is -1.88. The van der Waals surface area contributed by atoms with Gasteiger partial charge in [0.05, 0.1) is 12.3 Å². The fourth-order valence-electron chi connectivity index (χ4n) is 1.95. The zero-order valence-electron chi connectivity index (χ0n) is 12.3. The van der Waals surface area contributed by atoms with Gasteiger partial charge in [0.1, 0.15) is 15.6 Å². The van der Waals surface area contributed by atoms with Crippen molar-refractivity contribution in [3.8, 4) is 16.3 Å². The number of carboxylic acid groups (broad SMARTS) is 1. The van der Waals surface area contributed by atoms with Gasteiger partial charge in [0, 0.05) is 5.56 Å². The number of aromatic nitrogens is 1. The zero-order valence-corrected chi connectivity index (χ0v) is 13.1. The van der Waals surface area contributed by atoms with Crippen molar-refractivity contribution in [3.63, 3.8) is 0 Å². The molecule has 2 aromatic rings. The number of benzene rings is 1. The molecule has 0 amide bonds. The number of unbranched alkanes of at least 4 members (excludes halogenated alkanes) is 2. The maximum atomic E-state index is 11.0. The van der Waals surface area contributed by atoms with Gasteiger partial charge in [-0.15, -0.1) is 11.3 Å². The molecule has 5 heteroatoms. The van der Waals surface area contributed by atoms with E-state index in [4.69, 9.17) is 9.84 Å². The van der Waals surface area contributed by atoms with E-state index in [0.29, 0.717) is 10.6 Å². The van der Waals surface area contributed by atoms with E-state index < -0.39 is 5.97 Å². The van der Waals surface area contributed by atoms with E-state index in [-0.39, 0.29) is 0 Å². The van der Waals surface area contributed by atoms with E-state index in [2.05, 4.69) is 11.9 Å². The predicted molar refractivity (Wildman–Crippen MR) is 84.3 cm³/mol. The molecule has 0 bridgehead atoms. The number of ether oxygens (including phenoxy) is 1. The molecular weight excluding hydrogens is 286 g/mol. The Morgan fingerprint density at radius 3 is 2.57 bits per heavy atom. The Labute approximate surface area is 128 Å². The minimum atomic E-state index is -0.924. The lowest BCUT2D eigenvalue weighted by Gasteiger charge is -2.05. The summed E-state index contributed by atoms with van der Waals surface area (Å²) in [4.78, 5) is 15.7. The molecule has 1 aromatic carbocycles. The molecule has 1 aromatic heterocycles.